The Kier molecular flexibility index (Phi) is 4.82. The summed E-state index contributed by atoms with van der Waals surface area (Å²) in [5.41, 5.74) is 1.37. The molecule has 1 N–H and O–H groups in total. The number of aliphatic imine (C=N–C) groups is 1. The molecule has 0 saturated carbocycles. The van der Waals surface area contributed by atoms with Gasteiger partial charge in [-0.15, -0.1) is 11.3 Å². The molecule has 0 fully saturated rings. The maximum atomic E-state index is 11.6. The minimum atomic E-state index is -0.809. The van der Waals surface area contributed by atoms with Gasteiger partial charge in [0.15, 0.2) is 16.6 Å². The third-order valence-electron chi connectivity index (χ3n) is 3.38. The largest absolute Gasteiger partial charge is 0.513 e. The van der Waals surface area contributed by atoms with E-state index < -0.39 is 12.2 Å². The van der Waals surface area contributed by atoms with E-state index in [1.165, 1.54) is 18.4 Å². The highest BCUT2D eigenvalue weighted by atomic mass is 35.5. The van der Waals surface area contributed by atoms with Crippen LogP contribution in [-0.2, 0) is 9.47 Å². The molecular formula is C16H14ClN3O3S. The number of thiazole rings is 1. The second kappa shape index (κ2) is 7.02. The molecule has 1 unspecified atom stereocenters. The summed E-state index contributed by atoms with van der Waals surface area (Å²) in [6, 6.07) is 6.72. The Morgan fingerprint density at radius 3 is 2.83 bits per heavy atom. The van der Waals surface area contributed by atoms with Crippen LogP contribution >= 0.6 is 22.9 Å². The number of hydrogen-bond donors (Lipinski definition) is 1. The van der Waals surface area contributed by atoms with Crippen molar-refractivity contribution in [2.45, 2.75) is 13.0 Å². The van der Waals surface area contributed by atoms with E-state index >= 15 is 0 Å². The summed E-state index contributed by atoms with van der Waals surface area (Å²) < 4.78 is 9.91. The molecule has 124 valence electrons. The van der Waals surface area contributed by atoms with Crippen LogP contribution in [0.25, 0.3) is 0 Å². The number of halogens is 1. The second-order valence-electron chi connectivity index (χ2n) is 4.91. The van der Waals surface area contributed by atoms with E-state index in [2.05, 4.69) is 20.0 Å². The molecule has 1 aromatic carbocycles. The first kappa shape index (κ1) is 16.5. The first-order chi connectivity index (χ1) is 11.6. The van der Waals surface area contributed by atoms with Crippen molar-refractivity contribution in [2.75, 3.05) is 7.11 Å². The van der Waals surface area contributed by atoms with E-state index in [0.717, 1.165) is 10.6 Å². The van der Waals surface area contributed by atoms with Crippen molar-refractivity contribution in [3.8, 4) is 0 Å². The molecule has 2 heterocycles. The highest BCUT2D eigenvalue weighted by molar-refractivity contribution is 7.11. The van der Waals surface area contributed by atoms with Crippen LogP contribution in [0.5, 0.6) is 0 Å². The van der Waals surface area contributed by atoms with Crippen molar-refractivity contribution in [3.05, 3.63) is 62.9 Å². The maximum Gasteiger partial charge on any atom is 0.513 e. The highest BCUT2D eigenvalue weighted by Gasteiger charge is 2.30. The minimum Gasteiger partial charge on any atom is -0.437 e. The molecule has 0 bridgehead atoms. The van der Waals surface area contributed by atoms with Gasteiger partial charge in [-0.2, -0.15) is 0 Å². The van der Waals surface area contributed by atoms with Gasteiger partial charge in [0.1, 0.15) is 6.04 Å². The quantitative estimate of drug-likeness (QED) is 0.837. The van der Waals surface area contributed by atoms with E-state index in [9.17, 15) is 4.79 Å². The zero-order valence-corrected chi connectivity index (χ0v) is 14.5. The summed E-state index contributed by atoms with van der Waals surface area (Å²) in [6.45, 7) is 1.80. The van der Waals surface area contributed by atoms with Crippen molar-refractivity contribution in [2.24, 2.45) is 4.99 Å². The highest BCUT2D eigenvalue weighted by Crippen LogP contribution is 2.36. The van der Waals surface area contributed by atoms with Gasteiger partial charge in [-0.1, -0.05) is 29.8 Å². The number of nitrogens with zero attached hydrogens (tertiary/aromatic N) is 2. The molecule has 1 aliphatic heterocycles. The van der Waals surface area contributed by atoms with Gasteiger partial charge in [-0.3, -0.25) is 0 Å². The summed E-state index contributed by atoms with van der Waals surface area (Å²) in [5, 5.41) is 6.26. The number of carbonyl (C=O) groups excluding carboxylic acids is 1. The monoisotopic (exact) mass is 363 g/mol. The maximum absolute atomic E-state index is 11.6. The topological polar surface area (TPSA) is 72.8 Å². The molecule has 24 heavy (non-hydrogen) atoms. The second-order valence-corrected chi connectivity index (χ2v) is 6.21. The van der Waals surface area contributed by atoms with Crippen molar-refractivity contribution in [3.63, 3.8) is 0 Å². The van der Waals surface area contributed by atoms with Gasteiger partial charge in [0, 0.05) is 22.2 Å². The fraction of sp³-hybridized carbons (Fsp3) is 0.188. The van der Waals surface area contributed by atoms with E-state index in [1.54, 1.807) is 19.2 Å². The normalized spacial score (nSPS) is 17.1. The Hall–Kier alpha value is -2.38. The Balaban J connectivity index is 2.06. The van der Waals surface area contributed by atoms with Crippen LogP contribution in [0.1, 0.15) is 23.5 Å². The summed E-state index contributed by atoms with van der Waals surface area (Å²) in [6.07, 6.45) is 0.893. The van der Waals surface area contributed by atoms with Gasteiger partial charge >= 0.3 is 6.16 Å². The lowest BCUT2D eigenvalue weighted by Gasteiger charge is -2.25. The van der Waals surface area contributed by atoms with E-state index in [-0.39, 0.29) is 0 Å². The Morgan fingerprint density at radius 2 is 2.17 bits per heavy atom. The fourth-order valence-corrected chi connectivity index (χ4v) is 3.11. The molecule has 2 aromatic rings. The molecule has 0 spiro atoms. The molecule has 1 aromatic heterocycles. The molecule has 3 rings (SSSR count). The van der Waals surface area contributed by atoms with Crippen LogP contribution in [0.3, 0.4) is 0 Å². The summed E-state index contributed by atoms with van der Waals surface area (Å²) >= 11 is 7.78. The van der Waals surface area contributed by atoms with Crippen LogP contribution in [0.15, 0.2) is 52.3 Å². The molecule has 8 heteroatoms. The molecule has 0 aliphatic carbocycles. The zero-order chi connectivity index (χ0) is 17.1. The summed E-state index contributed by atoms with van der Waals surface area (Å²) in [5.74, 6) is 0.944. The predicted octanol–water partition coefficient (Wildman–Crippen LogP) is 3.90. The Morgan fingerprint density at radius 1 is 1.38 bits per heavy atom. The van der Waals surface area contributed by atoms with Gasteiger partial charge in [-0.05, 0) is 13.0 Å². The first-order valence-corrected chi connectivity index (χ1v) is 8.31. The zero-order valence-electron chi connectivity index (χ0n) is 12.9. The SMILES string of the molecule is COC(=O)OC1=C(C)NC(c2nccs2)=NC1c1ccccc1Cl. The van der Waals surface area contributed by atoms with E-state index in [1.807, 2.05) is 23.6 Å². The van der Waals surface area contributed by atoms with Gasteiger partial charge in [-0.25, -0.2) is 14.8 Å². The molecule has 1 atom stereocenters. The number of allylic oxidation sites excluding steroid dienone is 1. The van der Waals surface area contributed by atoms with Gasteiger partial charge in [0.05, 0.1) is 12.8 Å². The number of hydrogen-bond acceptors (Lipinski definition) is 7. The summed E-state index contributed by atoms with van der Waals surface area (Å²) in [7, 11) is 1.25. The van der Waals surface area contributed by atoms with Crippen LogP contribution < -0.4 is 5.32 Å². The lowest BCUT2D eigenvalue weighted by molar-refractivity contribution is 0.0913. The molecule has 0 amide bonds. The van der Waals surface area contributed by atoms with Crippen molar-refractivity contribution < 1.29 is 14.3 Å². The number of nitrogens with one attached hydrogen (secondary N) is 1. The number of ether oxygens (including phenoxy) is 2. The van der Waals surface area contributed by atoms with Crippen LogP contribution in [0.2, 0.25) is 5.02 Å². The number of methoxy groups -OCH3 is 1. The summed E-state index contributed by atoms with van der Waals surface area (Å²) in [4.78, 5) is 20.5. The first-order valence-electron chi connectivity index (χ1n) is 7.06. The average Bonchev–Trinajstić information content (AvgIpc) is 3.11. The average molecular weight is 364 g/mol. The number of carbonyl (C=O) groups is 1. The lowest BCUT2D eigenvalue weighted by atomic mass is 10.0. The standard InChI is InChI=1S/C16H14ClN3O3S/c1-9-13(23-16(21)22-2)12(10-5-3-4-6-11(10)17)20-14(19-9)15-18-7-8-24-15/h3-8,12H,1-2H3,(H,19,20). The fourth-order valence-electron chi connectivity index (χ4n) is 2.28. The van der Waals surface area contributed by atoms with E-state index in [4.69, 9.17) is 16.3 Å². The predicted molar refractivity (Wildman–Crippen MR) is 92.2 cm³/mol. The Labute approximate surface area is 147 Å². The number of amidine groups is 1. The molecule has 1 aliphatic rings. The number of aromatic nitrogens is 1. The minimum absolute atomic E-state index is 0.343. The molecule has 6 nitrogen and oxygen atoms in total. The van der Waals surface area contributed by atoms with Gasteiger partial charge in [0.25, 0.3) is 0 Å². The molecular weight excluding hydrogens is 350 g/mol. The smallest absolute Gasteiger partial charge is 0.437 e. The van der Waals surface area contributed by atoms with Crippen molar-refractivity contribution in [1.82, 2.24) is 10.3 Å². The third-order valence-corrected chi connectivity index (χ3v) is 4.50. The van der Waals surface area contributed by atoms with Crippen LogP contribution in [0.4, 0.5) is 4.79 Å². The van der Waals surface area contributed by atoms with Crippen LogP contribution in [-0.4, -0.2) is 24.1 Å². The lowest BCUT2D eigenvalue weighted by Crippen LogP contribution is -2.31. The van der Waals surface area contributed by atoms with Crippen molar-refractivity contribution in [1.29, 1.82) is 0 Å². The van der Waals surface area contributed by atoms with Crippen LogP contribution in [0, 0.1) is 0 Å². The number of benzene rings is 1. The molecule has 0 radical (unpaired) electrons. The molecule has 0 saturated heterocycles. The Bertz CT molecular complexity index is 818. The number of rotatable bonds is 3. The van der Waals surface area contributed by atoms with Crippen molar-refractivity contribution >= 4 is 34.9 Å². The van der Waals surface area contributed by atoms with Gasteiger partial charge < -0.3 is 14.8 Å². The van der Waals surface area contributed by atoms with E-state index in [0.29, 0.717) is 22.3 Å². The third kappa shape index (κ3) is 3.27. The van der Waals surface area contributed by atoms with Gasteiger partial charge in [0.2, 0.25) is 0 Å².